The van der Waals surface area contributed by atoms with Crippen molar-refractivity contribution in [3.63, 3.8) is 0 Å². The van der Waals surface area contributed by atoms with E-state index in [2.05, 4.69) is 0 Å². The molecule has 0 saturated carbocycles. The number of benzene rings is 1. The number of carbonyl (C=O) groups excluding carboxylic acids is 2. The third kappa shape index (κ3) is 2.52. The zero-order valence-corrected chi connectivity index (χ0v) is 12.5. The molecule has 0 N–H and O–H groups in total. The van der Waals surface area contributed by atoms with Crippen molar-refractivity contribution >= 4 is 57.6 Å². The lowest BCUT2D eigenvalue weighted by molar-refractivity contribution is -0.113. The standard InChI is InChI=1S/C14H8ClNO2S2/c15-9-3-1-4-10(7-9)16-13(17)12(20-14(16)18)8-11-5-2-6-19-11/h1-8H/b12-8+. The van der Waals surface area contributed by atoms with Gasteiger partial charge in [0.15, 0.2) is 0 Å². The minimum absolute atomic E-state index is 0.305. The Labute approximate surface area is 128 Å². The van der Waals surface area contributed by atoms with Crippen molar-refractivity contribution in [2.75, 3.05) is 4.90 Å². The summed E-state index contributed by atoms with van der Waals surface area (Å²) in [6, 6.07) is 10.5. The van der Waals surface area contributed by atoms with Gasteiger partial charge in [-0.05, 0) is 47.5 Å². The maximum absolute atomic E-state index is 12.3. The topological polar surface area (TPSA) is 37.4 Å². The summed E-state index contributed by atoms with van der Waals surface area (Å²) in [6.45, 7) is 0. The van der Waals surface area contributed by atoms with E-state index in [-0.39, 0.29) is 11.1 Å². The highest BCUT2D eigenvalue weighted by Gasteiger charge is 2.36. The number of thiophene rings is 1. The largest absolute Gasteiger partial charge is 0.298 e. The van der Waals surface area contributed by atoms with Gasteiger partial charge in [-0.2, -0.15) is 0 Å². The van der Waals surface area contributed by atoms with Gasteiger partial charge < -0.3 is 0 Å². The van der Waals surface area contributed by atoms with Crippen molar-refractivity contribution in [1.82, 2.24) is 0 Å². The van der Waals surface area contributed by atoms with Gasteiger partial charge in [-0.3, -0.25) is 9.59 Å². The first-order chi connectivity index (χ1) is 9.65. The molecule has 2 heterocycles. The minimum atomic E-state index is -0.310. The first-order valence-corrected chi connectivity index (χ1v) is 7.79. The number of halogens is 1. The van der Waals surface area contributed by atoms with Crippen LogP contribution in [0.2, 0.25) is 5.02 Å². The van der Waals surface area contributed by atoms with Crippen LogP contribution in [0.15, 0.2) is 46.7 Å². The smallest absolute Gasteiger partial charge is 0.268 e. The van der Waals surface area contributed by atoms with Gasteiger partial charge in [-0.1, -0.05) is 23.7 Å². The molecule has 1 aliphatic heterocycles. The van der Waals surface area contributed by atoms with Crippen molar-refractivity contribution in [3.8, 4) is 0 Å². The van der Waals surface area contributed by atoms with Gasteiger partial charge in [-0.25, -0.2) is 4.90 Å². The number of nitrogens with zero attached hydrogens (tertiary/aromatic N) is 1. The molecule has 1 aliphatic rings. The normalized spacial score (nSPS) is 17.2. The predicted molar refractivity (Wildman–Crippen MR) is 84.2 cm³/mol. The maximum atomic E-state index is 12.3. The monoisotopic (exact) mass is 321 g/mol. The third-order valence-corrected chi connectivity index (χ3v) is 4.60. The van der Waals surface area contributed by atoms with Gasteiger partial charge in [0.1, 0.15) is 0 Å². The lowest BCUT2D eigenvalue weighted by Crippen LogP contribution is -2.27. The summed E-state index contributed by atoms with van der Waals surface area (Å²) in [5.74, 6) is -0.310. The van der Waals surface area contributed by atoms with Gasteiger partial charge in [-0.15, -0.1) is 11.3 Å². The van der Waals surface area contributed by atoms with Crippen LogP contribution >= 0.6 is 34.7 Å². The van der Waals surface area contributed by atoms with Crippen LogP contribution in [0.3, 0.4) is 0 Å². The summed E-state index contributed by atoms with van der Waals surface area (Å²) >= 11 is 8.36. The molecule has 1 aromatic carbocycles. The highest BCUT2D eigenvalue weighted by Crippen LogP contribution is 2.36. The molecule has 3 nitrogen and oxygen atoms in total. The molecule has 20 heavy (non-hydrogen) atoms. The van der Waals surface area contributed by atoms with Gasteiger partial charge in [0.25, 0.3) is 11.1 Å². The summed E-state index contributed by atoms with van der Waals surface area (Å²) in [7, 11) is 0. The van der Waals surface area contributed by atoms with Crippen molar-refractivity contribution in [2.45, 2.75) is 0 Å². The molecule has 0 unspecified atom stereocenters. The molecular formula is C14H8ClNO2S2. The molecule has 0 atom stereocenters. The average molecular weight is 322 g/mol. The van der Waals surface area contributed by atoms with E-state index in [1.165, 1.54) is 11.3 Å². The minimum Gasteiger partial charge on any atom is -0.268 e. The Morgan fingerprint density at radius 3 is 2.70 bits per heavy atom. The fraction of sp³-hybridized carbons (Fsp3) is 0. The molecule has 3 rings (SSSR count). The number of rotatable bonds is 2. The zero-order valence-electron chi connectivity index (χ0n) is 10.1. The lowest BCUT2D eigenvalue weighted by atomic mass is 10.3. The Morgan fingerprint density at radius 1 is 1.15 bits per heavy atom. The Kier molecular flexibility index (Phi) is 3.65. The first-order valence-electron chi connectivity index (χ1n) is 5.72. The quantitative estimate of drug-likeness (QED) is 0.756. The second kappa shape index (κ2) is 5.44. The van der Waals surface area contributed by atoms with Crippen LogP contribution < -0.4 is 4.90 Å². The Morgan fingerprint density at radius 2 is 2.00 bits per heavy atom. The molecule has 0 aliphatic carbocycles. The van der Waals surface area contributed by atoms with Crippen LogP contribution in [0, 0.1) is 0 Å². The number of amides is 2. The molecule has 6 heteroatoms. The Balaban J connectivity index is 1.95. The molecule has 2 amide bonds. The summed E-state index contributed by atoms with van der Waals surface area (Å²) < 4.78 is 0. The van der Waals surface area contributed by atoms with E-state index in [9.17, 15) is 9.59 Å². The van der Waals surface area contributed by atoms with Crippen molar-refractivity contribution in [2.24, 2.45) is 0 Å². The lowest BCUT2D eigenvalue weighted by Gasteiger charge is -2.12. The van der Waals surface area contributed by atoms with Crippen molar-refractivity contribution in [1.29, 1.82) is 0 Å². The average Bonchev–Trinajstić information content (AvgIpc) is 2.99. The summed E-state index contributed by atoms with van der Waals surface area (Å²) in [6.07, 6.45) is 1.74. The second-order valence-corrected chi connectivity index (χ2v) is 6.42. The van der Waals surface area contributed by atoms with E-state index in [1.807, 2.05) is 17.5 Å². The van der Waals surface area contributed by atoms with E-state index in [1.54, 1.807) is 30.3 Å². The Bertz CT molecular complexity index is 710. The molecule has 0 radical (unpaired) electrons. The molecule has 2 aromatic rings. The van der Waals surface area contributed by atoms with E-state index >= 15 is 0 Å². The number of thioether (sulfide) groups is 1. The predicted octanol–water partition coefficient (Wildman–Crippen LogP) is 4.64. The molecule has 1 aromatic heterocycles. The van der Waals surface area contributed by atoms with Crippen LogP contribution in [0.4, 0.5) is 10.5 Å². The number of hydrogen-bond donors (Lipinski definition) is 0. The van der Waals surface area contributed by atoms with Crippen LogP contribution in [0.1, 0.15) is 4.88 Å². The summed E-state index contributed by atoms with van der Waals surface area (Å²) in [5.41, 5.74) is 0.495. The highest BCUT2D eigenvalue weighted by molar-refractivity contribution is 8.19. The maximum Gasteiger partial charge on any atom is 0.298 e. The van der Waals surface area contributed by atoms with E-state index in [0.717, 1.165) is 21.5 Å². The summed E-state index contributed by atoms with van der Waals surface area (Å²) in [5, 5.41) is 2.11. The van der Waals surface area contributed by atoms with Crippen LogP contribution in [-0.4, -0.2) is 11.1 Å². The zero-order chi connectivity index (χ0) is 14.1. The second-order valence-electron chi connectivity index (χ2n) is 4.01. The van der Waals surface area contributed by atoms with Gasteiger partial charge in [0, 0.05) is 9.90 Å². The molecule has 0 bridgehead atoms. The molecular weight excluding hydrogens is 314 g/mol. The number of imide groups is 1. The fourth-order valence-electron chi connectivity index (χ4n) is 1.81. The third-order valence-electron chi connectivity index (χ3n) is 2.68. The number of carbonyl (C=O) groups is 2. The van der Waals surface area contributed by atoms with Crippen LogP contribution in [-0.2, 0) is 4.79 Å². The van der Waals surface area contributed by atoms with Gasteiger partial charge in [0.05, 0.1) is 10.6 Å². The molecule has 100 valence electrons. The van der Waals surface area contributed by atoms with Crippen LogP contribution in [0.25, 0.3) is 6.08 Å². The van der Waals surface area contributed by atoms with E-state index in [0.29, 0.717) is 15.6 Å². The number of anilines is 1. The SMILES string of the molecule is O=C1S/C(=C/c2cccs2)C(=O)N1c1cccc(Cl)c1. The summed E-state index contributed by atoms with van der Waals surface area (Å²) in [4.78, 5) is 26.9. The van der Waals surface area contributed by atoms with Crippen molar-refractivity contribution < 1.29 is 9.59 Å². The van der Waals surface area contributed by atoms with E-state index < -0.39 is 0 Å². The molecule has 1 fully saturated rings. The van der Waals surface area contributed by atoms with Gasteiger partial charge in [0.2, 0.25) is 0 Å². The molecule has 1 saturated heterocycles. The highest BCUT2D eigenvalue weighted by atomic mass is 35.5. The fourth-order valence-corrected chi connectivity index (χ4v) is 3.56. The first kappa shape index (κ1) is 13.4. The van der Waals surface area contributed by atoms with E-state index in [4.69, 9.17) is 11.6 Å². The van der Waals surface area contributed by atoms with Gasteiger partial charge >= 0.3 is 0 Å². The van der Waals surface area contributed by atoms with Crippen LogP contribution in [0.5, 0.6) is 0 Å². The van der Waals surface area contributed by atoms with Crippen molar-refractivity contribution in [3.05, 3.63) is 56.6 Å². The molecule has 0 spiro atoms. The number of hydrogen-bond acceptors (Lipinski definition) is 4. The Hall–Kier alpha value is -1.56.